The first-order chi connectivity index (χ1) is 14.5. The highest BCUT2D eigenvalue weighted by atomic mass is 16.3. The first-order valence-electron chi connectivity index (χ1n) is 10.5. The van der Waals surface area contributed by atoms with Gasteiger partial charge >= 0.3 is 0 Å². The van der Waals surface area contributed by atoms with Crippen molar-refractivity contribution in [2.24, 2.45) is 11.8 Å². The summed E-state index contributed by atoms with van der Waals surface area (Å²) in [6.45, 7) is 4.29. The number of fused-ring (bicyclic) bond motifs is 3. The Morgan fingerprint density at radius 2 is 2.00 bits per heavy atom. The third-order valence-electron chi connectivity index (χ3n) is 6.66. The number of hydrogen-bond acceptors (Lipinski definition) is 4. The summed E-state index contributed by atoms with van der Waals surface area (Å²) in [6, 6.07) is 13.1. The Bertz CT molecular complexity index is 1010. The molecule has 0 radical (unpaired) electrons. The number of hydrogen-bond donors (Lipinski definition) is 2. The summed E-state index contributed by atoms with van der Waals surface area (Å²) in [4.78, 5) is 28.1. The van der Waals surface area contributed by atoms with E-state index >= 15 is 0 Å². The molecule has 1 amide bonds. The number of benzene rings is 1. The third-order valence-corrected chi connectivity index (χ3v) is 6.66. The number of carbonyl (C=O) groups excluding carboxylic acids is 1. The number of carbonyl (C=O) groups is 1. The second-order valence-corrected chi connectivity index (χ2v) is 8.34. The number of pyridine rings is 1. The van der Waals surface area contributed by atoms with E-state index in [0.717, 1.165) is 11.3 Å². The molecule has 1 aromatic carbocycles. The monoisotopic (exact) mass is 407 g/mol. The van der Waals surface area contributed by atoms with Crippen LogP contribution in [-0.2, 0) is 11.3 Å². The van der Waals surface area contributed by atoms with E-state index in [0.29, 0.717) is 12.1 Å². The first kappa shape index (κ1) is 20.6. The summed E-state index contributed by atoms with van der Waals surface area (Å²) >= 11 is 0. The summed E-state index contributed by atoms with van der Waals surface area (Å²) in [5.74, 6) is -0.287. The van der Waals surface area contributed by atoms with E-state index < -0.39 is 6.04 Å². The fourth-order valence-electron chi connectivity index (χ4n) is 5.22. The van der Waals surface area contributed by atoms with E-state index in [1.165, 1.54) is 0 Å². The van der Waals surface area contributed by atoms with Crippen LogP contribution in [0, 0.1) is 11.8 Å². The van der Waals surface area contributed by atoms with Crippen LogP contribution in [0.1, 0.15) is 42.8 Å². The van der Waals surface area contributed by atoms with E-state index in [-0.39, 0.29) is 42.0 Å². The number of rotatable bonds is 5. The molecule has 30 heavy (non-hydrogen) atoms. The van der Waals surface area contributed by atoms with Gasteiger partial charge in [0, 0.05) is 36.2 Å². The lowest BCUT2D eigenvalue weighted by Gasteiger charge is -2.28. The molecule has 0 saturated carbocycles. The summed E-state index contributed by atoms with van der Waals surface area (Å²) in [7, 11) is 1.92. The lowest BCUT2D eigenvalue weighted by atomic mass is 9.88. The van der Waals surface area contributed by atoms with Gasteiger partial charge in [0.25, 0.3) is 5.56 Å². The van der Waals surface area contributed by atoms with Crippen molar-refractivity contribution in [1.29, 1.82) is 0 Å². The van der Waals surface area contributed by atoms with Gasteiger partial charge in [-0.3, -0.25) is 14.5 Å². The molecular weight excluding hydrogens is 378 g/mol. The molecular formula is C24H29N3O3. The molecule has 3 heterocycles. The molecule has 158 valence electrons. The van der Waals surface area contributed by atoms with Crippen LogP contribution in [0.3, 0.4) is 0 Å². The van der Waals surface area contributed by atoms with Crippen LogP contribution in [0.2, 0.25) is 0 Å². The molecule has 2 aliphatic heterocycles. The third kappa shape index (κ3) is 3.30. The van der Waals surface area contributed by atoms with Gasteiger partial charge in [-0.15, -0.1) is 0 Å². The van der Waals surface area contributed by atoms with Gasteiger partial charge in [0.15, 0.2) is 0 Å². The van der Waals surface area contributed by atoms with Crippen LogP contribution < -0.4 is 10.9 Å². The number of aliphatic hydroxyl groups is 1. The second kappa shape index (κ2) is 8.20. The van der Waals surface area contributed by atoms with Crippen LogP contribution in [0.15, 0.2) is 53.3 Å². The lowest BCUT2D eigenvalue weighted by Crippen LogP contribution is -2.47. The molecule has 2 N–H and O–H groups in total. The second-order valence-electron chi connectivity index (χ2n) is 8.34. The Kier molecular flexibility index (Phi) is 5.62. The smallest absolute Gasteiger partial charge is 0.258 e. The molecule has 4 rings (SSSR count). The van der Waals surface area contributed by atoms with Gasteiger partial charge in [0.05, 0.1) is 18.1 Å². The zero-order chi connectivity index (χ0) is 21.4. The normalized spacial score (nSPS) is 26.5. The van der Waals surface area contributed by atoms with Gasteiger partial charge in [-0.2, -0.15) is 0 Å². The molecule has 1 fully saturated rings. The van der Waals surface area contributed by atoms with Crippen molar-refractivity contribution in [3.8, 4) is 0 Å². The summed E-state index contributed by atoms with van der Waals surface area (Å²) in [5, 5.41) is 13.3. The molecule has 2 aromatic rings. The molecule has 2 aliphatic rings. The number of nitrogens with zero attached hydrogens (tertiary/aromatic N) is 2. The summed E-state index contributed by atoms with van der Waals surface area (Å²) in [6.07, 6.45) is 3.68. The highest BCUT2D eigenvalue weighted by Gasteiger charge is 2.54. The maximum Gasteiger partial charge on any atom is 0.258 e. The average molecular weight is 408 g/mol. The topological polar surface area (TPSA) is 74.6 Å². The van der Waals surface area contributed by atoms with Crippen molar-refractivity contribution in [1.82, 2.24) is 14.8 Å². The van der Waals surface area contributed by atoms with Gasteiger partial charge in [-0.25, -0.2) is 0 Å². The van der Waals surface area contributed by atoms with Gasteiger partial charge < -0.3 is 15.0 Å². The maximum atomic E-state index is 13.2. The van der Waals surface area contributed by atoms with Crippen molar-refractivity contribution in [2.45, 2.75) is 38.5 Å². The SMILES string of the molecule is C/C=C/c1ccc2n(c1=O)C[C@H]1[C@H](CO)[C@@H](C(=O)N[C@H](C)c3ccccc3)N(C)[C@@H]21. The number of amides is 1. The number of likely N-dealkylation sites (N-methyl/N-ethyl adjacent to an activating group) is 1. The van der Waals surface area contributed by atoms with Crippen LogP contribution in [0.5, 0.6) is 0 Å². The van der Waals surface area contributed by atoms with E-state index in [1.54, 1.807) is 0 Å². The fourth-order valence-corrected chi connectivity index (χ4v) is 5.22. The maximum absolute atomic E-state index is 13.2. The number of allylic oxidation sites excluding steroid dienone is 1. The van der Waals surface area contributed by atoms with Crippen molar-refractivity contribution in [3.63, 3.8) is 0 Å². The predicted octanol–water partition coefficient (Wildman–Crippen LogP) is 2.35. The molecule has 6 heteroatoms. The molecule has 0 spiro atoms. The van der Waals surface area contributed by atoms with Gasteiger partial charge in [-0.05, 0) is 38.6 Å². The minimum Gasteiger partial charge on any atom is -0.396 e. The molecule has 0 unspecified atom stereocenters. The van der Waals surface area contributed by atoms with Crippen LogP contribution in [0.25, 0.3) is 6.08 Å². The summed E-state index contributed by atoms with van der Waals surface area (Å²) < 4.78 is 1.81. The van der Waals surface area contributed by atoms with Gasteiger partial charge in [0.1, 0.15) is 0 Å². The number of nitrogens with one attached hydrogen (secondary N) is 1. The fraction of sp³-hybridized carbons (Fsp3) is 0.417. The Balaban J connectivity index is 1.60. The molecule has 0 aliphatic carbocycles. The Morgan fingerprint density at radius 1 is 1.27 bits per heavy atom. The van der Waals surface area contributed by atoms with Crippen LogP contribution in [0.4, 0.5) is 0 Å². The molecule has 0 bridgehead atoms. The minimum absolute atomic E-state index is 0.0104. The number of aliphatic hydroxyl groups excluding tert-OH is 1. The lowest BCUT2D eigenvalue weighted by molar-refractivity contribution is -0.127. The largest absolute Gasteiger partial charge is 0.396 e. The highest BCUT2D eigenvalue weighted by molar-refractivity contribution is 5.83. The van der Waals surface area contributed by atoms with E-state index in [9.17, 15) is 14.7 Å². The zero-order valence-electron chi connectivity index (χ0n) is 17.7. The Morgan fingerprint density at radius 3 is 2.67 bits per heavy atom. The molecule has 6 nitrogen and oxygen atoms in total. The Labute approximate surface area is 176 Å². The number of aromatic nitrogens is 1. The van der Waals surface area contributed by atoms with Gasteiger partial charge in [-0.1, -0.05) is 42.5 Å². The van der Waals surface area contributed by atoms with Crippen molar-refractivity contribution >= 4 is 12.0 Å². The van der Waals surface area contributed by atoms with Crippen molar-refractivity contribution in [2.75, 3.05) is 13.7 Å². The van der Waals surface area contributed by atoms with Crippen molar-refractivity contribution < 1.29 is 9.90 Å². The molecule has 1 aromatic heterocycles. The highest BCUT2D eigenvalue weighted by Crippen LogP contribution is 2.48. The predicted molar refractivity (Wildman–Crippen MR) is 117 cm³/mol. The molecule has 5 atom stereocenters. The minimum atomic E-state index is -0.435. The van der Waals surface area contributed by atoms with E-state index in [2.05, 4.69) is 5.32 Å². The first-order valence-corrected chi connectivity index (χ1v) is 10.5. The average Bonchev–Trinajstić information content (AvgIpc) is 3.26. The Hall–Kier alpha value is -2.70. The number of likely N-dealkylation sites (tertiary alicyclic amines) is 1. The standard InChI is InChI=1S/C24H29N3O3/c1-4-8-17-11-12-20-21-18(13-27(20)24(17)30)19(14-28)22(26(21)3)23(29)25-15(2)16-9-6-5-7-10-16/h4-12,15,18-19,21-22,28H,13-14H2,1-3H3,(H,25,29)/b8-4+/t15-,18+,19+,21-,22+/m1/s1. The molecule has 1 saturated heterocycles. The zero-order valence-corrected chi connectivity index (χ0v) is 17.7. The van der Waals surface area contributed by atoms with E-state index in [1.807, 2.05) is 85.0 Å². The van der Waals surface area contributed by atoms with Gasteiger partial charge in [0.2, 0.25) is 5.91 Å². The van der Waals surface area contributed by atoms with Crippen molar-refractivity contribution in [3.05, 3.63) is 75.7 Å². The quantitative estimate of drug-likeness (QED) is 0.798. The van der Waals surface area contributed by atoms with Crippen LogP contribution in [-0.4, -0.2) is 40.2 Å². The van der Waals surface area contributed by atoms with E-state index in [4.69, 9.17) is 0 Å². The summed E-state index contributed by atoms with van der Waals surface area (Å²) in [5.41, 5.74) is 2.62. The van der Waals surface area contributed by atoms with Crippen LogP contribution >= 0.6 is 0 Å².